The second-order valence-electron chi connectivity index (χ2n) is 16.2. The van der Waals surface area contributed by atoms with Gasteiger partial charge in [-0.05, 0) is 72.8 Å². The summed E-state index contributed by atoms with van der Waals surface area (Å²) in [6.07, 6.45) is 10.5. The van der Waals surface area contributed by atoms with Gasteiger partial charge in [0.15, 0.2) is 0 Å². The summed E-state index contributed by atoms with van der Waals surface area (Å²) in [4.78, 5) is 56.8. The summed E-state index contributed by atoms with van der Waals surface area (Å²) in [5, 5.41) is 22.4. The molecule has 0 unspecified atom stereocenters. The number of carboxylic acid groups (broad SMARTS) is 2. The SMILES string of the molecule is C1COCCO1.O=C([O-])CN(CCN(Cc1ccccn1)Cc1ccccn1)Cc1ccccn1.O=C([O-])CN(CCN(Cc1ccccn1)Cc1ccccn1)Cc1ccccn1.[Cr+5].[Cr+5].[O-][Cl+3]([O-])([O-])[O-].[O-][Cl+3]([O-])([O-])[O-].[O-][Cl+3]([O-])([O-])[O-].[O-][Cl+3]([O-])([O-])[O-]. The van der Waals surface area contributed by atoms with E-state index in [2.05, 4.69) is 39.7 Å². The van der Waals surface area contributed by atoms with Crippen molar-refractivity contribution in [2.45, 2.75) is 39.3 Å². The Hall–Kier alpha value is -4.82. The molecule has 0 bridgehead atoms. The normalized spacial score (nSPS) is 12.0. The van der Waals surface area contributed by atoms with Crippen LogP contribution < -0.4 is 84.8 Å². The zero-order valence-corrected chi connectivity index (χ0v) is 50.5. The molecule has 1 fully saturated rings. The van der Waals surface area contributed by atoms with Gasteiger partial charge in [0.25, 0.3) is 0 Å². The van der Waals surface area contributed by atoms with Gasteiger partial charge in [0, 0.05) is 116 Å². The number of hydrogen-bond acceptors (Lipinski definition) is 32. The minimum atomic E-state index is -4.94. The molecule has 2 radical (unpaired) electrons. The van der Waals surface area contributed by atoms with Crippen molar-refractivity contribution in [3.8, 4) is 0 Å². The van der Waals surface area contributed by atoms with Gasteiger partial charge in [-0.3, -0.25) is 49.5 Å². The Kier molecular flexibility index (Phi) is 45.7. The molecule has 0 spiro atoms. The number of carbonyl (C=O) groups is 2. The van der Waals surface area contributed by atoms with Crippen molar-refractivity contribution in [1.29, 1.82) is 0 Å². The molecular weight excluding hydrogens is 1310 g/mol. The molecule has 1 aliphatic heterocycles. The number of aromatic nitrogens is 6. The van der Waals surface area contributed by atoms with Crippen LogP contribution in [0, 0.1) is 41.0 Å². The molecule has 7 rings (SSSR count). The van der Waals surface area contributed by atoms with Crippen LogP contribution in [0.2, 0.25) is 0 Å². The van der Waals surface area contributed by atoms with Crippen molar-refractivity contribution in [1.82, 2.24) is 49.5 Å². The van der Waals surface area contributed by atoms with Crippen LogP contribution in [0.15, 0.2) is 146 Å². The first-order valence-electron chi connectivity index (χ1n) is 23.7. The fraction of sp³-hybridized carbons (Fsp3) is 0.333. The number of rotatable bonds is 22. The van der Waals surface area contributed by atoms with Crippen molar-refractivity contribution in [2.75, 3.05) is 65.7 Å². The molecule has 0 amide bonds. The molecule has 1 saturated heterocycles. The van der Waals surface area contributed by atoms with E-state index in [1.807, 2.05) is 119 Å². The minimum absolute atomic E-state index is 0. The molecule has 0 saturated carbocycles. The summed E-state index contributed by atoms with van der Waals surface area (Å²) in [6.45, 7) is 8.79. The van der Waals surface area contributed by atoms with E-state index in [9.17, 15) is 19.8 Å². The van der Waals surface area contributed by atoms with Crippen LogP contribution >= 0.6 is 0 Å². The summed E-state index contributed by atoms with van der Waals surface area (Å²) in [5.41, 5.74) is 5.49. The monoisotopic (exact) mass is 1370 g/mol. The van der Waals surface area contributed by atoms with E-state index >= 15 is 0 Å². The third-order valence-corrected chi connectivity index (χ3v) is 9.58. The maximum atomic E-state index is 11.2. The Morgan fingerprint density at radius 3 is 0.628 bits per heavy atom. The molecule has 38 heteroatoms. The largest absolute Gasteiger partial charge is 5.00 e. The predicted molar refractivity (Wildman–Crippen MR) is 236 cm³/mol. The summed E-state index contributed by atoms with van der Waals surface area (Å²) in [7, 11) is -19.8. The van der Waals surface area contributed by atoms with Crippen LogP contribution in [0.5, 0.6) is 0 Å². The van der Waals surface area contributed by atoms with Crippen LogP contribution in [-0.4, -0.2) is 127 Å². The summed E-state index contributed by atoms with van der Waals surface area (Å²) >= 11 is 0. The molecule has 466 valence electrons. The number of hydrogen-bond donors (Lipinski definition) is 0. The standard InChI is InChI=1S/2C22H25N5O2.C4H8O2.4ClHO4.2Cr/c2*28-22(29)18-27(17-21-9-3-6-12-25-21)14-13-26(15-19-7-1-4-10-23-19)16-20-8-2-5-11-24-20;1-2-6-4-3-5-1;4*2-1(3,4)5;;/h2*1-12H,13-18H2,(H,28,29);1-4H2;4*(H,2,3,4,5);;/q;;;;;;;2*+5/p-6. The first kappa shape index (κ1) is 83.2. The second kappa shape index (κ2) is 47.2. The Bertz CT molecular complexity index is 2280. The van der Waals surface area contributed by atoms with Gasteiger partial charge in [-0.1, -0.05) is 36.4 Å². The van der Waals surface area contributed by atoms with E-state index in [-0.39, 0.29) is 47.8 Å². The molecule has 1 aliphatic rings. The summed E-state index contributed by atoms with van der Waals surface area (Å²) < 4.78 is 146. The molecule has 7 heterocycles. The molecule has 0 aliphatic carbocycles. The fourth-order valence-electron chi connectivity index (χ4n) is 6.55. The van der Waals surface area contributed by atoms with Gasteiger partial charge in [-0.2, -0.15) is 0 Å². The van der Waals surface area contributed by atoms with Crippen molar-refractivity contribution >= 4 is 11.9 Å². The summed E-state index contributed by atoms with van der Waals surface area (Å²) in [5.74, 6) is -2.19. The van der Waals surface area contributed by atoms with Crippen LogP contribution in [0.3, 0.4) is 0 Å². The van der Waals surface area contributed by atoms with Crippen molar-refractivity contribution < 1.29 is 180 Å². The topological polar surface area (TPSA) is 558 Å². The first-order valence-corrected chi connectivity index (χ1v) is 28.6. The van der Waals surface area contributed by atoms with Gasteiger partial charge >= 0.3 is 34.7 Å². The number of pyridine rings is 6. The molecule has 86 heavy (non-hydrogen) atoms. The van der Waals surface area contributed by atoms with Gasteiger partial charge in [0.2, 0.25) is 0 Å². The molecule has 6 aromatic heterocycles. The van der Waals surface area contributed by atoms with Gasteiger partial charge < -0.3 is 29.3 Å². The number of aliphatic carboxylic acids is 2. The molecule has 0 atom stereocenters. The first-order chi connectivity index (χ1) is 39.4. The Labute approximate surface area is 523 Å². The maximum absolute atomic E-state index is 11.2. The predicted octanol–water partition coefficient (Wildman–Crippen LogP) is -16.7. The number of carboxylic acids is 2. The van der Waals surface area contributed by atoms with E-state index in [4.69, 9.17) is 84.0 Å². The maximum Gasteiger partial charge on any atom is 5.00 e. The van der Waals surface area contributed by atoms with Gasteiger partial charge in [-0.15, -0.1) is 41.0 Å². The van der Waals surface area contributed by atoms with Crippen LogP contribution in [-0.2, 0) is 93.1 Å². The van der Waals surface area contributed by atoms with Crippen molar-refractivity contribution in [2.24, 2.45) is 0 Å². The van der Waals surface area contributed by atoms with Crippen LogP contribution in [0.1, 0.15) is 34.2 Å². The third kappa shape index (κ3) is 58.2. The Morgan fingerprint density at radius 1 is 0.326 bits per heavy atom. The zero-order valence-electron chi connectivity index (χ0n) is 45.0. The van der Waals surface area contributed by atoms with Crippen LogP contribution in [0.4, 0.5) is 0 Å². The van der Waals surface area contributed by atoms with E-state index in [0.717, 1.165) is 60.6 Å². The molecule has 0 N–H and O–H groups in total. The molecule has 6 aromatic rings. The number of ether oxygens (including phenoxy) is 2. The number of nitrogens with zero attached hydrogens (tertiary/aromatic N) is 10. The van der Waals surface area contributed by atoms with Crippen molar-refractivity contribution in [3.05, 3.63) is 181 Å². The van der Waals surface area contributed by atoms with Gasteiger partial charge in [-0.25, -0.2) is 74.5 Å². The van der Waals surface area contributed by atoms with Gasteiger partial charge in [0.05, 0.1) is 72.5 Å². The average molecular weight is 1370 g/mol. The molecular formula is C48H56Cl4Cr2N10O22+4. The average Bonchev–Trinajstić information content (AvgIpc) is 3.47. The molecule has 32 nitrogen and oxygen atoms in total. The second-order valence-corrected chi connectivity index (χ2v) is 19.3. The third-order valence-electron chi connectivity index (χ3n) is 9.58. The van der Waals surface area contributed by atoms with Gasteiger partial charge in [0.1, 0.15) is 0 Å². The zero-order chi connectivity index (χ0) is 62.9. The van der Waals surface area contributed by atoms with E-state index in [1.54, 1.807) is 37.2 Å². The number of carbonyl (C=O) groups excluding carboxylic acids is 2. The minimum Gasteiger partial charge on any atom is -0.549 e. The van der Waals surface area contributed by atoms with Crippen molar-refractivity contribution in [3.63, 3.8) is 0 Å². The van der Waals surface area contributed by atoms with E-state index < -0.39 is 52.9 Å². The Morgan fingerprint density at radius 2 is 0.488 bits per heavy atom. The quantitative estimate of drug-likeness (QED) is 0.0609. The van der Waals surface area contributed by atoms with Crippen LogP contribution in [0.25, 0.3) is 0 Å². The molecule has 0 aromatic carbocycles. The number of halogens is 4. The summed E-state index contributed by atoms with van der Waals surface area (Å²) in [6, 6.07) is 34.6. The van der Waals surface area contributed by atoms with E-state index in [0.29, 0.717) is 65.4 Å². The fourth-order valence-corrected chi connectivity index (χ4v) is 6.55. The Balaban J connectivity index is 0. The smallest absolute Gasteiger partial charge is 0.549 e. The van der Waals surface area contributed by atoms with E-state index in [1.165, 1.54) is 0 Å².